The summed E-state index contributed by atoms with van der Waals surface area (Å²) in [5.41, 5.74) is 0.606. The maximum absolute atomic E-state index is 10.9. The quantitative estimate of drug-likeness (QED) is 0.715. The van der Waals surface area contributed by atoms with Crippen LogP contribution in [0, 0.1) is 5.41 Å². The zero-order valence-electron chi connectivity index (χ0n) is 10.6. The molecule has 0 amide bonds. The Morgan fingerprint density at radius 2 is 1.50 bits per heavy atom. The number of hydrogen-bond acceptors (Lipinski definition) is 1. The van der Waals surface area contributed by atoms with Crippen molar-refractivity contribution < 1.29 is 9.90 Å². The highest BCUT2D eigenvalue weighted by Gasteiger charge is 2.22. The van der Waals surface area contributed by atoms with Crippen molar-refractivity contribution >= 4 is 5.97 Å². The Morgan fingerprint density at radius 1 is 1.06 bits per heavy atom. The van der Waals surface area contributed by atoms with Crippen molar-refractivity contribution in [3.8, 4) is 0 Å². The van der Waals surface area contributed by atoms with E-state index in [1.54, 1.807) is 6.92 Å². The van der Waals surface area contributed by atoms with Crippen LogP contribution in [0.15, 0.2) is 11.6 Å². The Hall–Kier alpha value is -0.790. The smallest absolute Gasteiger partial charge is 0.330 e. The first-order valence-electron chi connectivity index (χ1n) is 6.46. The van der Waals surface area contributed by atoms with Crippen LogP contribution in [0.5, 0.6) is 0 Å². The number of hydrogen-bond donors (Lipinski definition) is 1. The summed E-state index contributed by atoms with van der Waals surface area (Å²) < 4.78 is 0. The molecule has 1 aliphatic carbocycles. The van der Waals surface area contributed by atoms with E-state index in [9.17, 15) is 4.79 Å². The largest absolute Gasteiger partial charge is 0.478 e. The Bertz CT molecular complexity index is 256. The Labute approximate surface area is 98.7 Å². The minimum atomic E-state index is -0.777. The Kier molecular flexibility index (Phi) is 5.04. The first kappa shape index (κ1) is 13.3. The standard InChI is InChI=1S/C14H24O2/c1-12(13(15)16)11-14(2)9-7-5-3-4-6-8-10-14/h11H,3-10H2,1-2H3,(H,15,16). The zero-order chi connectivity index (χ0) is 12.0. The van der Waals surface area contributed by atoms with Crippen molar-refractivity contribution in [1.82, 2.24) is 0 Å². The van der Waals surface area contributed by atoms with Gasteiger partial charge in [0.1, 0.15) is 0 Å². The molecule has 1 N–H and O–H groups in total. The van der Waals surface area contributed by atoms with E-state index in [1.807, 2.05) is 6.08 Å². The first-order valence-corrected chi connectivity index (χ1v) is 6.46. The van der Waals surface area contributed by atoms with Crippen LogP contribution in [0.4, 0.5) is 0 Å². The summed E-state index contributed by atoms with van der Waals surface area (Å²) in [6.45, 7) is 3.92. The summed E-state index contributed by atoms with van der Waals surface area (Å²) in [5, 5.41) is 8.94. The second kappa shape index (κ2) is 6.07. The van der Waals surface area contributed by atoms with Crippen LogP contribution in [0.3, 0.4) is 0 Å². The van der Waals surface area contributed by atoms with Crippen molar-refractivity contribution in [2.45, 2.75) is 65.2 Å². The van der Waals surface area contributed by atoms with Gasteiger partial charge in [0.05, 0.1) is 0 Å². The van der Waals surface area contributed by atoms with E-state index in [4.69, 9.17) is 5.11 Å². The maximum atomic E-state index is 10.9. The van der Waals surface area contributed by atoms with Crippen molar-refractivity contribution in [2.75, 3.05) is 0 Å². The molecule has 1 aliphatic rings. The molecule has 92 valence electrons. The lowest BCUT2D eigenvalue weighted by atomic mass is 9.79. The molecular formula is C14H24O2. The molecule has 0 aromatic rings. The van der Waals surface area contributed by atoms with Gasteiger partial charge in [-0.3, -0.25) is 0 Å². The maximum Gasteiger partial charge on any atom is 0.330 e. The number of carboxylic acids is 1. The van der Waals surface area contributed by atoms with Gasteiger partial charge in [0.2, 0.25) is 0 Å². The van der Waals surface area contributed by atoms with Gasteiger partial charge in [-0.1, -0.05) is 51.5 Å². The third-order valence-electron chi connectivity index (χ3n) is 3.65. The van der Waals surface area contributed by atoms with E-state index in [2.05, 4.69) is 6.92 Å². The van der Waals surface area contributed by atoms with Crippen LogP contribution in [0.2, 0.25) is 0 Å². The first-order chi connectivity index (χ1) is 7.53. The highest BCUT2D eigenvalue weighted by atomic mass is 16.4. The average Bonchev–Trinajstić information content (AvgIpc) is 2.30. The van der Waals surface area contributed by atoms with E-state index < -0.39 is 5.97 Å². The molecule has 0 bridgehead atoms. The van der Waals surface area contributed by atoms with Gasteiger partial charge in [0.25, 0.3) is 0 Å². The third kappa shape index (κ3) is 4.38. The molecular weight excluding hydrogens is 200 g/mol. The molecule has 0 heterocycles. The molecule has 0 unspecified atom stereocenters. The van der Waals surface area contributed by atoms with Gasteiger partial charge in [-0.2, -0.15) is 0 Å². The Morgan fingerprint density at radius 3 is 1.94 bits per heavy atom. The zero-order valence-corrected chi connectivity index (χ0v) is 10.6. The lowest BCUT2D eigenvalue weighted by Crippen LogP contribution is -2.15. The molecule has 2 heteroatoms. The topological polar surface area (TPSA) is 37.3 Å². The fourth-order valence-corrected chi connectivity index (χ4v) is 2.62. The van der Waals surface area contributed by atoms with Gasteiger partial charge in [0.15, 0.2) is 0 Å². The molecule has 0 spiro atoms. The molecule has 0 aromatic heterocycles. The lowest BCUT2D eigenvalue weighted by Gasteiger charge is -2.26. The monoisotopic (exact) mass is 224 g/mol. The van der Waals surface area contributed by atoms with Crippen LogP contribution < -0.4 is 0 Å². The molecule has 0 aromatic carbocycles. The lowest BCUT2D eigenvalue weighted by molar-refractivity contribution is -0.132. The molecule has 16 heavy (non-hydrogen) atoms. The minimum absolute atomic E-state index is 0.104. The van der Waals surface area contributed by atoms with Crippen molar-refractivity contribution in [3.63, 3.8) is 0 Å². The molecule has 1 rings (SSSR count). The van der Waals surface area contributed by atoms with Gasteiger partial charge in [-0.05, 0) is 25.2 Å². The highest BCUT2D eigenvalue weighted by molar-refractivity contribution is 5.85. The number of rotatable bonds is 2. The predicted octanol–water partition coefficient (Wildman–Crippen LogP) is 4.16. The van der Waals surface area contributed by atoms with Gasteiger partial charge in [-0.25, -0.2) is 4.79 Å². The number of aliphatic carboxylic acids is 1. The van der Waals surface area contributed by atoms with Gasteiger partial charge in [-0.15, -0.1) is 0 Å². The van der Waals surface area contributed by atoms with Crippen LogP contribution in [-0.2, 0) is 4.79 Å². The van der Waals surface area contributed by atoms with E-state index in [0.717, 1.165) is 12.8 Å². The molecule has 0 saturated heterocycles. The van der Waals surface area contributed by atoms with Crippen molar-refractivity contribution in [2.24, 2.45) is 5.41 Å². The third-order valence-corrected chi connectivity index (χ3v) is 3.65. The van der Waals surface area contributed by atoms with E-state index >= 15 is 0 Å². The van der Waals surface area contributed by atoms with Crippen LogP contribution >= 0.6 is 0 Å². The average molecular weight is 224 g/mol. The van der Waals surface area contributed by atoms with Crippen LogP contribution in [-0.4, -0.2) is 11.1 Å². The normalized spacial score (nSPS) is 23.0. The molecule has 0 aliphatic heterocycles. The van der Waals surface area contributed by atoms with E-state index in [1.165, 1.54) is 38.5 Å². The summed E-state index contributed by atoms with van der Waals surface area (Å²) in [7, 11) is 0. The number of carbonyl (C=O) groups is 1. The second-order valence-corrected chi connectivity index (χ2v) is 5.41. The fraction of sp³-hybridized carbons (Fsp3) is 0.786. The minimum Gasteiger partial charge on any atom is -0.478 e. The van der Waals surface area contributed by atoms with E-state index in [-0.39, 0.29) is 5.41 Å². The molecule has 1 saturated carbocycles. The summed E-state index contributed by atoms with van der Waals surface area (Å²) >= 11 is 0. The van der Waals surface area contributed by atoms with Crippen LogP contribution in [0.1, 0.15) is 65.2 Å². The highest BCUT2D eigenvalue weighted by Crippen LogP contribution is 2.35. The summed E-state index contributed by atoms with van der Waals surface area (Å²) in [6, 6.07) is 0. The molecule has 0 radical (unpaired) electrons. The van der Waals surface area contributed by atoms with Gasteiger partial charge < -0.3 is 5.11 Å². The van der Waals surface area contributed by atoms with Gasteiger partial charge in [0, 0.05) is 5.57 Å². The number of carboxylic acid groups (broad SMARTS) is 1. The van der Waals surface area contributed by atoms with Gasteiger partial charge >= 0.3 is 5.97 Å². The predicted molar refractivity (Wildman–Crippen MR) is 66.4 cm³/mol. The Balaban J connectivity index is 2.70. The summed E-state index contributed by atoms with van der Waals surface area (Å²) in [4.78, 5) is 10.9. The molecule has 0 atom stereocenters. The van der Waals surface area contributed by atoms with Crippen molar-refractivity contribution in [1.29, 1.82) is 0 Å². The SMILES string of the molecule is CC(=CC1(C)CCCCCCCC1)C(=O)O. The molecule has 1 fully saturated rings. The number of allylic oxidation sites excluding steroid dienone is 1. The van der Waals surface area contributed by atoms with E-state index in [0.29, 0.717) is 5.57 Å². The van der Waals surface area contributed by atoms with Crippen molar-refractivity contribution in [3.05, 3.63) is 11.6 Å². The summed E-state index contributed by atoms with van der Waals surface area (Å²) in [5.74, 6) is -0.777. The fourth-order valence-electron chi connectivity index (χ4n) is 2.62. The second-order valence-electron chi connectivity index (χ2n) is 5.41. The molecule has 2 nitrogen and oxygen atoms in total. The van der Waals surface area contributed by atoms with Crippen LogP contribution in [0.25, 0.3) is 0 Å². The summed E-state index contributed by atoms with van der Waals surface area (Å²) in [6.07, 6.45) is 12.0.